The molecular weight excluding hydrogens is 340 g/mol. The minimum atomic E-state index is 0.268. The Bertz CT molecular complexity index is 831. The molecular formula is C20H27N6O+. The van der Waals surface area contributed by atoms with Crippen molar-refractivity contribution in [3.05, 3.63) is 30.4 Å². The molecule has 0 bridgehead atoms. The number of amides is 1. The number of carbonyl (C=O) groups is 1. The normalized spacial score (nSPS) is 18.7. The number of rotatable bonds is 4. The molecule has 4 N–H and O–H groups in total. The summed E-state index contributed by atoms with van der Waals surface area (Å²) in [5.74, 6) is 0.634. The van der Waals surface area contributed by atoms with Gasteiger partial charge in [-0.25, -0.2) is 4.98 Å². The Morgan fingerprint density at radius 3 is 2.56 bits per heavy atom. The summed E-state index contributed by atoms with van der Waals surface area (Å²) in [6.07, 6.45) is 13.5. The number of nitrogen functional groups attached to an aromatic ring is 1. The summed E-state index contributed by atoms with van der Waals surface area (Å²) < 4.78 is 2.02. The molecule has 1 aliphatic heterocycles. The maximum absolute atomic E-state index is 12.6. The second-order valence-corrected chi connectivity index (χ2v) is 7.61. The lowest BCUT2D eigenvalue weighted by Gasteiger charge is -2.33. The summed E-state index contributed by atoms with van der Waals surface area (Å²) >= 11 is 0. The van der Waals surface area contributed by atoms with Gasteiger partial charge in [-0.05, 0) is 31.7 Å². The van der Waals surface area contributed by atoms with Crippen LogP contribution in [0.5, 0.6) is 0 Å². The first kappa shape index (κ1) is 17.7. The van der Waals surface area contributed by atoms with E-state index in [0.717, 1.165) is 49.9 Å². The highest BCUT2D eigenvalue weighted by Gasteiger charge is 2.30. The van der Waals surface area contributed by atoms with Crippen molar-refractivity contribution in [3.8, 4) is 11.1 Å². The molecule has 2 aromatic rings. The Balaban J connectivity index is 1.40. The minimum Gasteiger partial charge on any atom is -0.397 e. The smallest absolute Gasteiger partial charge is 0.225 e. The van der Waals surface area contributed by atoms with Gasteiger partial charge < -0.3 is 10.6 Å². The molecule has 1 saturated heterocycles. The number of pyridine rings is 1. The number of nitrogens with zero attached hydrogens (tertiary/aromatic N) is 4. The molecule has 1 amide bonds. The Morgan fingerprint density at radius 1 is 1.15 bits per heavy atom. The molecule has 0 radical (unpaired) electrons. The first-order valence-electron chi connectivity index (χ1n) is 9.79. The molecule has 7 heteroatoms. The van der Waals surface area contributed by atoms with Crippen LogP contribution < -0.4 is 11.1 Å². The van der Waals surface area contributed by atoms with E-state index in [1.165, 1.54) is 19.1 Å². The lowest BCUT2D eigenvalue weighted by Crippen LogP contribution is -2.41. The van der Waals surface area contributed by atoms with Crippen molar-refractivity contribution in [1.82, 2.24) is 19.7 Å². The summed E-state index contributed by atoms with van der Waals surface area (Å²) in [7, 11) is 0. The van der Waals surface area contributed by atoms with E-state index >= 15 is 0 Å². The average Bonchev–Trinajstić information content (AvgIpc) is 3.40. The highest BCUT2D eigenvalue weighted by atomic mass is 16.2. The topological polar surface area (TPSA) is 103 Å². The maximum Gasteiger partial charge on any atom is 0.225 e. The molecule has 7 nitrogen and oxygen atoms in total. The summed E-state index contributed by atoms with van der Waals surface area (Å²) in [5, 5.41) is 10.0. The van der Waals surface area contributed by atoms with Crippen LogP contribution in [0.3, 0.4) is 0 Å². The molecule has 1 aliphatic carbocycles. The molecule has 4 rings (SSSR count). The van der Waals surface area contributed by atoms with Crippen LogP contribution in [0.1, 0.15) is 50.3 Å². The number of nitrogens with two attached hydrogens (primary N) is 2. The van der Waals surface area contributed by atoms with Crippen LogP contribution in [0.15, 0.2) is 24.7 Å². The van der Waals surface area contributed by atoms with Gasteiger partial charge in [0.05, 0.1) is 17.9 Å². The van der Waals surface area contributed by atoms with Crippen molar-refractivity contribution < 1.29 is 10.2 Å². The van der Waals surface area contributed by atoms with Crippen LogP contribution in [0.2, 0.25) is 0 Å². The fraction of sp³-hybridized carbons (Fsp3) is 0.500. The first-order valence-corrected chi connectivity index (χ1v) is 9.79. The third kappa shape index (κ3) is 3.59. The van der Waals surface area contributed by atoms with E-state index in [1.54, 1.807) is 6.20 Å². The number of piperidine rings is 1. The number of hydrogen-bond donors (Lipinski definition) is 2. The van der Waals surface area contributed by atoms with E-state index in [1.807, 2.05) is 23.1 Å². The minimum absolute atomic E-state index is 0.268. The second-order valence-electron chi connectivity index (χ2n) is 7.61. The van der Waals surface area contributed by atoms with Crippen molar-refractivity contribution in [2.75, 3.05) is 18.8 Å². The number of aromatic nitrogens is 3. The number of likely N-dealkylation sites (tertiary alicyclic amines) is 1. The number of carbonyl (C=O) groups excluding carboxylic acids is 1. The quantitative estimate of drug-likeness (QED) is 0.789. The Labute approximate surface area is 159 Å². The monoisotopic (exact) mass is 367 g/mol. The lowest BCUT2D eigenvalue weighted by atomic mass is 10.0. The zero-order valence-electron chi connectivity index (χ0n) is 15.6. The standard InChI is InChI=1S/C20H26N6O/c21-10-19-18(22)9-15(11-23-19)16-12-24-26(13-16)17-5-7-25(8-6-17)20(27)14-3-1-2-4-14/h9-14,17,21H,1-8,22H2/p+1. The maximum atomic E-state index is 12.6. The highest BCUT2D eigenvalue weighted by molar-refractivity contribution is 5.82. The summed E-state index contributed by atoms with van der Waals surface area (Å²) in [6.45, 7) is 1.65. The van der Waals surface area contributed by atoms with E-state index in [-0.39, 0.29) is 5.92 Å². The van der Waals surface area contributed by atoms with Gasteiger partial charge in [0.2, 0.25) is 5.91 Å². The number of anilines is 1. The molecule has 2 aliphatic rings. The van der Waals surface area contributed by atoms with Gasteiger partial charge in [-0.1, -0.05) is 12.8 Å². The van der Waals surface area contributed by atoms with Gasteiger partial charge in [0.25, 0.3) is 0 Å². The molecule has 27 heavy (non-hydrogen) atoms. The highest BCUT2D eigenvalue weighted by Crippen LogP contribution is 2.30. The zero-order chi connectivity index (χ0) is 18.8. The van der Waals surface area contributed by atoms with Crippen molar-refractivity contribution >= 4 is 17.8 Å². The molecule has 0 aromatic carbocycles. The lowest BCUT2D eigenvalue weighted by molar-refractivity contribution is -0.136. The van der Waals surface area contributed by atoms with E-state index in [0.29, 0.717) is 23.3 Å². The Hall–Kier alpha value is -2.70. The van der Waals surface area contributed by atoms with Crippen molar-refractivity contribution in [1.29, 1.82) is 0 Å². The number of hydrogen-bond acceptors (Lipinski definition) is 4. The molecule has 1 saturated carbocycles. The van der Waals surface area contributed by atoms with Gasteiger partial charge in [-0.15, -0.1) is 0 Å². The molecule has 0 spiro atoms. The SMILES string of the molecule is Nc1cc(-c2cnn(C3CCN(C(=O)C4CCCC4)CC3)c2)cnc1C=[NH2+]. The van der Waals surface area contributed by atoms with Gasteiger partial charge in [-0.3, -0.25) is 14.9 Å². The van der Waals surface area contributed by atoms with E-state index in [2.05, 4.69) is 15.0 Å². The van der Waals surface area contributed by atoms with Crippen LogP contribution >= 0.6 is 0 Å². The van der Waals surface area contributed by atoms with Crippen molar-refractivity contribution in [2.24, 2.45) is 5.92 Å². The predicted molar refractivity (Wildman–Crippen MR) is 104 cm³/mol. The molecule has 142 valence electrons. The first-order chi connectivity index (χ1) is 13.2. The second kappa shape index (κ2) is 7.50. The van der Waals surface area contributed by atoms with E-state index < -0.39 is 0 Å². The van der Waals surface area contributed by atoms with E-state index in [4.69, 9.17) is 11.1 Å². The van der Waals surface area contributed by atoms with Gasteiger partial charge in [0.15, 0.2) is 6.21 Å². The fourth-order valence-corrected chi connectivity index (χ4v) is 4.26. The zero-order valence-corrected chi connectivity index (χ0v) is 15.6. The van der Waals surface area contributed by atoms with Crippen LogP contribution in [-0.4, -0.2) is 44.9 Å². The molecule has 0 unspecified atom stereocenters. The summed E-state index contributed by atoms with van der Waals surface area (Å²) in [4.78, 5) is 18.9. The summed E-state index contributed by atoms with van der Waals surface area (Å²) in [6, 6.07) is 2.20. The van der Waals surface area contributed by atoms with Gasteiger partial charge in [-0.2, -0.15) is 5.10 Å². The third-order valence-electron chi connectivity index (χ3n) is 5.90. The van der Waals surface area contributed by atoms with Crippen LogP contribution in [-0.2, 0) is 4.79 Å². The Morgan fingerprint density at radius 2 is 1.89 bits per heavy atom. The Kier molecular flexibility index (Phi) is 4.92. The van der Waals surface area contributed by atoms with Gasteiger partial charge >= 0.3 is 0 Å². The third-order valence-corrected chi connectivity index (χ3v) is 5.90. The van der Waals surface area contributed by atoms with Crippen LogP contribution in [0.25, 0.3) is 11.1 Å². The fourth-order valence-electron chi connectivity index (χ4n) is 4.26. The average molecular weight is 367 g/mol. The van der Waals surface area contributed by atoms with Crippen LogP contribution in [0.4, 0.5) is 5.69 Å². The van der Waals surface area contributed by atoms with E-state index in [9.17, 15) is 4.79 Å². The molecule has 0 atom stereocenters. The molecule has 2 aromatic heterocycles. The predicted octanol–water partition coefficient (Wildman–Crippen LogP) is 1.06. The largest absolute Gasteiger partial charge is 0.397 e. The summed E-state index contributed by atoms with van der Waals surface area (Å²) in [5.41, 5.74) is 9.04. The van der Waals surface area contributed by atoms with Crippen LogP contribution in [0, 0.1) is 5.92 Å². The van der Waals surface area contributed by atoms with Gasteiger partial charge in [0, 0.05) is 42.5 Å². The van der Waals surface area contributed by atoms with Crippen molar-refractivity contribution in [3.63, 3.8) is 0 Å². The van der Waals surface area contributed by atoms with Crippen molar-refractivity contribution in [2.45, 2.75) is 44.6 Å². The molecule has 2 fully saturated rings. The molecule has 3 heterocycles. The van der Waals surface area contributed by atoms with Gasteiger partial charge in [0.1, 0.15) is 5.69 Å².